The molecule has 0 atom stereocenters. The van der Waals surface area contributed by atoms with Crippen LogP contribution in [0.4, 0.5) is 0 Å². The van der Waals surface area contributed by atoms with Gasteiger partial charge in [-0.2, -0.15) is 0 Å². The second-order valence-electron chi connectivity index (χ2n) is 0. The van der Waals surface area contributed by atoms with Crippen LogP contribution in [0.15, 0.2) is 0 Å². The summed E-state index contributed by atoms with van der Waals surface area (Å²) in [5, 5.41) is 0. The van der Waals surface area contributed by atoms with Crippen molar-refractivity contribution in [3.05, 3.63) is 0 Å². The molecule has 0 spiro atoms. The normalized spacial score (nSPS) is 0.750. The number of hydrogen-bond donors (Lipinski definition) is 0. The smallest absolute Gasteiger partial charge is 0 e. The van der Waals surface area contributed by atoms with E-state index in [-0.39, 0.29) is 53.1 Å². The van der Waals surface area contributed by atoms with Crippen LogP contribution in [0.2, 0.25) is 0 Å². The maximum atomic E-state index is 2.69. The van der Waals surface area contributed by atoms with E-state index < -0.39 is 0 Å². The molecule has 0 saturated heterocycles. The van der Waals surface area contributed by atoms with Gasteiger partial charge in [0.1, 0.15) is 0 Å². The second-order valence-corrected chi connectivity index (χ2v) is 0. The second kappa shape index (κ2) is 16.8. The fourth-order valence-corrected chi connectivity index (χ4v) is 0. The van der Waals surface area contributed by atoms with Crippen LogP contribution in [0, 0.1) is 0 Å². The summed E-state index contributed by atoms with van der Waals surface area (Å²) in [5.41, 5.74) is 0. The van der Waals surface area contributed by atoms with Crippen LogP contribution in [0.5, 0.6) is 0 Å². The molecule has 0 bridgehead atoms. The minimum Gasteiger partial charge on any atom is 0 e. The zero-order valence-corrected chi connectivity index (χ0v) is 13.7. The fourth-order valence-electron chi connectivity index (χ4n) is 0. The maximum Gasteiger partial charge on any atom is 0 e. The molecule has 0 nitrogen and oxygen atoms in total. The Morgan fingerprint density at radius 2 is 1.25 bits per heavy atom. The van der Waals surface area contributed by atoms with Crippen molar-refractivity contribution in [3.63, 3.8) is 0 Å². The Labute approximate surface area is 80.6 Å². The first kappa shape index (κ1) is 15.8. The molecule has 0 aromatic heterocycles. The standard InChI is InChI=1S/Cd.Ga.In.Se. The Morgan fingerprint density at radius 1 is 1.25 bits per heavy atom. The summed E-state index contributed by atoms with van der Waals surface area (Å²) in [6.45, 7) is 0. The van der Waals surface area contributed by atoms with E-state index in [1.54, 1.807) is 16.0 Å². The molecule has 0 aromatic carbocycles. The van der Waals surface area contributed by atoms with Crippen molar-refractivity contribution in [1.82, 2.24) is 0 Å². The van der Waals surface area contributed by atoms with Crippen molar-refractivity contribution < 1.29 is 27.3 Å². The number of rotatable bonds is 0. The predicted octanol–water partition coefficient (Wildman–Crippen LogP) is -1.14. The summed E-state index contributed by atoms with van der Waals surface area (Å²) in [5.74, 6) is 0. The molecule has 0 aliphatic heterocycles. The minimum absolute atomic E-state index is 0. The summed E-state index contributed by atoms with van der Waals surface area (Å²) in [6.07, 6.45) is 0. The Bertz CT molecular complexity index is 8.00. The van der Waals surface area contributed by atoms with Gasteiger partial charge in [-0.05, 0) is 0 Å². The third-order valence-corrected chi connectivity index (χ3v) is 0. The Morgan fingerprint density at radius 3 is 1.25 bits per heavy atom. The van der Waals surface area contributed by atoms with Crippen molar-refractivity contribution in [1.29, 1.82) is 0 Å². The van der Waals surface area contributed by atoms with Crippen LogP contribution in [-0.2, 0) is 27.3 Å². The van der Waals surface area contributed by atoms with E-state index in [4.69, 9.17) is 0 Å². The van der Waals surface area contributed by atoms with Gasteiger partial charge in [0, 0.05) is 53.1 Å². The summed E-state index contributed by atoms with van der Waals surface area (Å²) in [7, 11) is 0. The third kappa shape index (κ3) is 8.87. The van der Waals surface area contributed by atoms with Crippen molar-refractivity contribution >= 4 is 55.0 Å². The van der Waals surface area contributed by atoms with E-state index in [0.717, 1.165) is 0 Å². The molecule has 0 unspecified atom stereocenters. The van der Waals surface area contributed by atoms with Crippen LogP contribution in [0.3, 0.4) is 0 Å². The molecule has 0 fully saturated rings. The monoisotopic (exact) mass is 378 g/mol. The molecule has 0 N–H and O–H groups in total. The summed E-state index contributed by atoms with van der Waals surface area (Å²) in [4.78, 5) is 0. The van der Waals surface area contributed by atoms with E-state index in [0.29, 0.717) is 0 Å². The quantitative estimate of drug-likeness (QED) is 0.469. The van der Waals surface area contributed by atoms with Crippen molar-refractivity contribution in [2.24, 2.45) is 0 Å². The van der Waals surface area contributed by atoms with E-state index in [9.17, 15) is 0 Å². The molecule has 0 heterocycles. The van der Waals surface area contributed by atoms with Crippen LogP contribution < -0.4 is 0 Å². The fraction of sp³-hybridized carbons (Fsp3) is 0. The van der Waals surface area contributed by atoms with Gasteiger partial charge in [0.25, 0.3) is 0 Å². The average molecular weight is 376 g/mol. The Balaban J connectivity index is -0.00000000500. The van der Waals surface area contributed by atoms with Gasteiger partial charge in [0.2, 0.25) is 0 Å². The van der Waals surface area contributed by atoms with Gasteiger partial charge in [-0.25, -0.2) is 0 Å². The van der Waals surface area contributed by atoms with E-state index in [1.807, 2.05) is 0 Å². The molecule has 0 aliphatic carbocycles. The van der Waals surface area contributed by atoms with Gasteiger partial charge < -0.3 is 0 Å². The topological polar surface area (TPSA) is 0 Å². The molecular formula is CdGaInSe. The molecule has 0 amide bonds. The van der Waals surface area contributed by atoms with E-state index >= 15 is 0 Å². The van der Waals surface area contributed by atoms with Gasteiger partial charge in [-0.3, -0.25) is 0 Å². The van der Waals surface area contributed by atoms with Crippen LogP contribution in [-0.4, -0.2) is 55.0 Å². The third-order valence-electron chi connectivity index (χ3n) is 0. The van der Waals surface area contributed by atoms with Crippen LogP contribution in [0.25, 0.3) is 0 Å². The Hall–Kier alpha value is 2.95. The van der Waals surface area contributed by atoms with Gasteiger partial charge >= 0.3 is 29.1 Å². The van der Waals surface area contributed by atoms with Crippen LogP contribution in [0.1, 0.15) is 0 Å². The molecule has 4 radical (unpaired) electrons. The van der Waals surface area contributed by atoms with Gasteiger partial charge in [0.05, 0.1) is 0 Å². The number of hydrogen-bond acceptors (Lipinski definition) is 0. The first-order valence-corrected chi connectivity index (χ1v) is 6.36. The Kier molecular flexibility index (Phi) is 66.1. The summed E-state index contributed by atoms with van der Waals surface area (Å²) in [6, 6.07) is 0. The van der Waals surface area contributed by atoms with Crippen LogP contribution >= 0.6 is 0 Å². The molecular weight excluding hydrogens is 376 g/mol. The van der Waals surface area contributed by atoms with E-state index in [1.165, 1.54) is 0 Å². The van der Waals surface area contributed by atoms with Gasteiger partial charge in [-0.15, -0.1) is 0 Å². The van der Waals surface area contributed by atoms with Crippen molar-refractivity contribution in [2.75, 3.05) is 0 Å². The van der Waals surface area contributed by atoms with Crippen molar-refractivity contribution in [2.45, 2.75) is 0 Å². The SMILES string of the molecule is [Cd].[Ga]=[Se].[In]. The minimum atomic E-state index is 0. The van der Waals surface area contributed by atoms with Gasteiger partial charge in [0.15, 0.2) is 0 Å². The van der Waals surface area contributed by atoms with Gasteiger partial charge in [-0.1, -0.05) is 0 Å². The average Bonchev–Trinajstić information content (AvgIpc) is 1.00. The largest absolute Gasteiger partial charge is 0 e. The zero-order chi connectivity index (χ0) is 2.00. The molecule has 14 valence electrons. The molecule has 0 saturated carbocycles. The molecule has 4 heteroatoms. The zero-order valence-electron chi connectivity index (χ0n) is 2.27. The summed E-state index contributed by atoms with van der Waals surface area (Å²) < 4.78 is 0. The maximum absolute atomic E-state index is 2.69. The first-order valence-electron chi connectivity index (χ1n) is 0.236. The molecule has 4 heavy (non-hydrogen) atoms. The predicted molar refractivity (Wildman–Crippen MR) is 17.3 cm³/mol. The van der Waals surface area contributed by atoms with E-state index in [2.05, 4.69) is 13.1 Å². The molecule has 0 rings (SSSR count). The molecule has 0 aromatic rings. The van der Waals surface area contributed by atoms with Crippen molar-refractivity contribution in [3.8, 4) is 0 Å². The summed E-state index contributed by atoms with van der Waals surface area (Å²) >= 11 is 4.25. The molecule has 0 aliphatic rings. The first-order chi connectivity index (χ1) is 1.00.